The van der Waals surface area contributed by atoms with Gasteiger partial charge in [0.1, 0.15) is 0 Å². The third-order valence-corrected chi connectivity index (χ3v) is 10.4. The molecule has 0 saturated carbocycles. The van der Waals surface area contributed by atoms with Crippen molar-refractivity contribution in [3.05, 3.63) is 197 Å². The minimum atomic E-state index is -0.257. The van der Waals surface area contributed by atoms with Gasteiger partial charge in [0.15, 0.2) is 18.7 Å². The van der Waals surface area contributed by atoms with Gasteiger partial charge >= 0.3 is 0 Å². The average Bonchev–Trinajstić information content (AvgIpc) is 3.28. The van der Waals surface area contributed by atoms with Gasteiger partial charge in [0.2, 0.25) is 0 Å². The molecule has 0 bridgehead atoms. The third kappa shape index (κ3) is 13.9. The molecule has 3 atom stereocenters. The molecule has 0 fully saturated rings. The molecule has 0 aliphatic rings. The summed E-state index contributed by atoms with van der Waals surface area (Å²) in [6.45, 7) is 8.69. The summed E-state index contributed by atoms with van der Waals surface area (Å²) in [6, 6.07) is 55.6. The zero-order valence-electron chi connectivity index (χ0n) is 35.2. The van der Waals surface area contributed by atoms with Gasteiger partial charge in [-0.25, -0.2) is 0 Å². The standard InChI is InChI=1S/C53H63N3O3/c1-4-7-35-57-51(44-19-13-10-14-20-44)54-48-30-25-41(26-31-48)38-43-29-34-50(56-53(59-37-9-6-3)46-23-17-12-18-24-46)47(40-43)39-42-27-32-49(33-28-42)55-52(58-36-8-5-2)45-21-15-11-16-22-45/h10-34,40,51-56H,4-9,35-39H2,1-3H3. The number of unbranched alkanes of at least 4 members (excludes halogenated alkanes) is 3. The number of nitrogens with one attached hydrogen (secondary N) is 3. The van der Waals surface area contributed by atoms with E-state index in [2.05, 4.69) is 182 Å². The highest BCUT2D eigenvalue weighted by molar-refractivity contribution is 5.57. The van der Waals surface area contributed by atoms with E-state index < -0.39 is 0 Å². The van der Waals surface area contributed by atoms with Crippen LogP contribution in [0.1, 0.15) is 117 Å². The van der Waals surface area contributed by atoms with Crippen molar-refractivity contribution in [3.63, 3.8) is 0 Å². The quantitative estimate of drug-likeness (QED) is 0.0397. The first-order valence-electron chi connectivity index (χ1n) is 21.7. The maximum Gasteiger partial charge on any atom is 0.154 e. The molecule has 6 heteroatoms. The van der Waals surface area contributed by atoms with Gasteiger partial charge in [0.05, 0.1) is 0 Å². The van der Waals surface area contributed by atoms with Crippen LogP contribution in [0.25, 0.3) is 0 Å². The van der Waals surface area contributed by atoms with Crippen LogP contribution in [-0.2, 0) is 27.1 Å². The van der Waals surface area contributed by atoms with Crippen LogP contribution in [0.2, 0.25) is 0 Å². The first-order valence-corrected chi connectivity index (χ1v) is 21.7. The Bertz CT molecular complexity index is 2040. The monoisotopic (exact) mass is 789 g/mol. The molecule has 6 rings (SSSR count). The molecule has 3 N–H and O–H groups in total. The first-order chi connectivity index (χ1) is 29.1. The summed E-state index contributed by atoms with van der Waals surface area (Å²) in [6.07, 6.45) is 7.28. The Morgan fingerprint density at radius 2 is 0.763 bits per heavy atom. The summed E-state index contributed by atoms with van der Waals surface area (Å²) in [5.41, 5.74) is 11.5. The molecule has 6 aromatic carbocycles. The molecule has 0 amide bonds. The molecular weight excluding hydrogens is 727 g/mol. The summed E-state index contributed by atoms with van der Waals surface area (Å²) in [4.78, 5) is 0. The lowest BCUT2D eigenvalue weighted by atomic mass is 9.97. The molecule has 308 valence electrons. The van der Waals surface area contributed by atoms with Crippen molar-refractivity contribution < 1.29 is 14.2 Å². The van der Waals surface area contributed by atoms with E-state index in [1.165, 1.54) is 22.3 Å². The second-order valence-corrected chi connectivity index (χ2v) is 15.2. The van der Waals surface area contributed by atoms with E-state index in [-0.39, 0.29) is 18.7 Å². The Balaban J connectivity index is 1.21. The Kier molecular flexibility index (Phi) is 17.5. The van der Waals surface area contributed by atoms with Crippen molar-refractivity contribution in [2.45, 2.75) is 90.8 Å². The van der Waals surface area contributed by atoms with E-state index >= 15 is 0 Å². The van der Waals surface area contributed by atoms with Crippen LogP contribution >= 0.6 is 0 Å². The summed E-state index contributed by atoms with van der Waals surface area (Å²) in [5.74, 6) is 0. The van der Waals surface area contributed by atoms with E-state index in [1.54, 1.807) is 0 Å². The van der Waals surface area contributed by atoms with E-state index in [0.717, 1.165) is 91.7 Å². The lowest BCUT2D eigenvalue weighted by Crippen LogP contribution is -2.16. The predicted octanol–water partition coefficient (Wildman–Crippen LogP) is 13.7. The van der Waals surface area contributed by atoms with Crippen LogP contribution in [0.3, 0.4) is 0 Å². The van der Waals surface area contributed by atoms with Crippen molar-refractivity contribution in [2.75, 3.05) is 35.8 Å². The SMILES string of the molecule is CCCCOC(Nc1ccc(Cc2ccc(NC(OCCCC)c3ccccc3)c(Cc3ccc(NC(OCCCC)c4ccccc4)cc3)c2)cc1)c1ccccc1. The molecule has 0 aliphatic carbocycles. The van der Waals surface area contributed by atoms with Crippen LogP contribution in [0.5, 0.6) is 0 Å². The maximum atomic E-state index is 6.48. The summed E-state index contributed by atoms with van der Waals surface area (Å²) in [7, 11) is 0. The fourth-order valence-electron chi connectivity index (χ4n) is 6.97. The van der Waals surface area contributed by atoms with Gasteiger partial charge in [-0.1, -0.05) is 167 Å². The Morgan fingerprint density at radius 3 is 1.17 bits per heavy atom. The predicted molar refractivity (Wildman–Crippen MR) is 246 cm³/mol. The van der Waals surface area contributed by atoms with Gasteiger partial charge in [-0.2, -0.15) is 0 Å². The fraction of sp³-hybridized carbons (Fsp3) is 0.321. The molecule has 0 aliphatic heterocycles. The smallest absolute Gasteiger partial charge is 0.154 e. The molecule has 59 heavy (non-hydrogen) atoms. The summed E-state index contributed by atoms with van der Waals surface area (Å²) < 4.78 is 19.1. The van der Waals surface area contributed by atoms with Crippen LogP contribution in [-0.4, -0.2) is 19.8 Å². The topological polar surface area (TPSA) is 63.8 Å². The lowest BCUT2D eigenvalue weighted by Gasteiger charge is -2.24. The largest absolute Gasteiger partial charge is 0.356 e. The zero-order valence-corrected chi connectivity index (χ0v) is 35.2. The lowest BCUT2D eigenvalue weighted by molar-refractivity contribution is 0.0697. The van der Waals surface area contributed by atoms with Gasteiger partial charge in [-0.15, -0.1) is 0 Å². The number of hydrogen-bond acceptors (Lipinski definition) is 6. The highest BCUT2D eigenvalue weighted by Crippen LogP contribution is 2.30. The first kappa shape index (κ1) is 43.2. The maximum absolute atomic E-state index is 6.48. The highest BCUT2D eigenvalue weighted by Gasteiger charge is 2.17. The number of rotatable bonds is 25. The molecule has 0 aromatic heterocycles. The molecule has 0 saturated heterocycles. The van der Waals surface area contributed by atoms with Crippen molar-refractivity contribution in [1.29, 1.82) is 0 Å². The Labute approximate surface area is 353 Å². The van der Waals surface area contributed by atoms with Crippen molar-refractivity contribution in [1.82, 2.24) is 0 Å². The second-order valence-electron chi connectivity index (χ2n) is 15.2. The molecule has 0 radical (unpaired) electrons. The average molecular weight is 790 g/mol. The molecule has 6 aromatic rings. The van der Waals surface area contributed by atoms with Crippen LogP contribution in [0, 0.1) is 0 Å². The van der Waals surface area contributed by atoms with Crippen molar-refractivity contribution in [2.24, 2.45) is 0 Å². The fourth-order valence-corrected chi connectivity index (χ4v) is 6.97. The van der Waals surface area contributed by atoms with Gasteiger partial charge in [0.25, 0.3) is 0 Å². The van der Waals surface area contributed by atoms with E-state index in [4.69, 9.17) is 14.2 Å². The zero-order chi connectivity index (χ0) is 40.9. The van der Waals surface area contributed by atoms with Gasteiger partial charge < -0.3 is 30.2 Å². The number of hydrogen-bond donors (Lipinski definition) is 3. The minimum Gasteiger partial charge on any atom is -0.356 e. The minimum absolute atomic E-state index is 0.198. The molecule has 0 spiro atoms. The van der Waals surface area contributed by atoms with Crippen molar-refractivity contribution >= 4 is 17.1 Å². The number of ether oxygens (including phenoxy) is 3. The molecule has 6 nitrogen and oxygen atoms in total. The number of benzene rings is 6. The van der Waals surface area contributed by atoms with E-state index in [9.17, 15) is 0 Å². The van der Waals surface area contributed by atoms with Gasteiger partial charge in [-0.3, -0.25) is 0 Å². The van der Waals surface area contributed by atoms with Crippen LogP contribution in [0.15, 0.2) is 158 Å². The second kappa shape index (κ2) is 23.9. The Morgan fingerprint density at radius 1 is 0.390 bits per heavy atom. The van der Waals surface area contributed by atoms with E-state index in [0.29, 0.717) is 13.2 Å². The molecular formula is C53H63N3O3. The number of anilines is 3. The molecule has 0 heterocycles. The van der Waals surface area contributed by atoms with Gasteiger partial charge in [-0.05, 0) is 84.7 Å². The van der Waals surface area contributed by atoms with Gasteiger partial charge in [0, 0.05) is 53.6 Å². The van der Waals surface area contributed by atoms with E-state index in [1.807, 2.05) is 12.1 Å². The third-order valence-electron chi connectivity index (χ3n) is 10.4. The molecule has 3 unspecified atom stereocenters. The van der Waals surface area contributed by atoms with Crippen LogP contribution in [0.4, 0.5) is 17.1 Å². The normalized spacial score (nSPS) is 12.7. The van der Waals surface area contributed by atoms with Crippen molar-refractivity contribution in [3.8, 4) is 0 Å². The highest BCUT2D eigenvalue weighted by atomic mass is 16.5. The summed E-state index contributed by atoms with van der Waals surface area (Å²) >= 11 is 0. The van der Waals surface area contributed by atoms with Crippen LogP contribution < -0.4 is 16.0 Å². The summed E-state index contributed by atoms with van der Waals surface area (Å²) in [5, 5.41) is 11.1. The Hall–Kier alpha value is -5.40.